The van der Waals surface area contributed by atoms with Gasteiger partial charge in [-0.3, -0.25) is 9.69 Å². The third-order valence-corrected chi connectivity index (χ3v) is 5.14. The molecule has 2 aromatic carbocycles. The fraction of sp³-hybridized carbons (Fsp3) is 0.409. The van der Waals surface area contributed by atoms with Gasteiger partial charge in [-0.15, -0.1) is 0 Å². The average Bonchev–Trinajstić information content (AvgIpc) is 2.72. The number of benzene rings is 2. The highest BCUT2D eigenvalue weighted by Crippen LogP contribution is 2.36. The summed E-state index contributed by atoms with van der Waals surface area (Å²) in [6, 6.07) is 10.8. The summed E-state index contributed by atoms with van der Waals surface area (Å²) in [5.41, 5.74) is -1.26. The van der Waals surface area contributed by atoms with Gasteiger partial charge in [-0.05, 0) is 50.1 Å². The maximum Gasteiger partial charge on any atom is 0.418 e. The third-order valence-electron chi connectivity index (χ3n) is 4.91. The van der Waals surface area contributed by atoms with Gasteiger partial charge in [0.1, 0.15) is 6.10 Å². The number of carbonyl (C=O) groups is 1. The zero-order valence-electron chi connectivity index (χ0n) is 17.0. The number of piperidine rings is 1. The molecule has 0 atom stereocenters. The number of alkyl halides is 3. The minimum atomic E-state index is -4.61. The van der Waals surface area contributed by atoms with E-state index in [1.165, 1.54) is 12.1 Å². The lowest BCUT2D eigenvalue weighted by molar-refractivity contribution is -0.137. The van der Waals surface area contributed by atoms with Crippen molar-refractivity contribution in [3.8, 4) is 11.5 Å². The van der Waals surface area contributed by atoms with Crippen LogP contribution in [0.1, 0.15) is 25.3 Å². The second-order valence-corrected chi connectivity index (χ2v) is 7.65. The van der Waals surface area contributed by atoms with E-state index in [2.05, 4.69) is 5.32 Å². The molecule has 0 aromatic heterocycles. The minimum absolute atomic E-state index is 0.00216. The van der Waals surface area contributed by atoms with Crippen molar-refractivity contribution in [1.29, 1.82) is 0 Å². The number of nitrogens with one attached hydrogen (secondary N) is 1. The predicted molar refractivity (Wildman–Crippen MR) is 113 cm³/mol. The van der Waals surface area contributed by atoms with E-state index in [4.69, 9.17) is 21.1 Å². The van der Waals surface area contributed by atoms with Gasteiger partial charge in [-0.2, -0.15) is 13.2 Å². The summed E-state index contributed by atoms with van der Waals surface area (Å²) in [7, 11) is 0. The molecule has 168 valence electrons. The summed E-state index contributed by atoms with van der Waals surface area (Å²) in [4.78, 5) is 14.2. The molecule has 0 radical (unpaired) electrons. The van der Waals surface area contributed by atoms with Crippen LogP contribution in [0.5, 0.6) is 11.5 Å². The van der Waals surface area contributed by atoms with Crippen LogP contribution in [-0.4, -0.2) is 43.2 Å². The van der Waals surface area contributed by atoms with E-state index >= 15 is 0 Å². The molecule has 1 N–H and O–H groups in total. The number of halogens is 4. The van der Waals surface area contributed by atoms with Gasteiger partial charge < -0.3 is 14.8 Å². The van der Waals surface area contributed by atoms with E-state index < -0.39 is 17.6 Å². The van der Waals surface area contributed by atoms with E-state index in [9.17, 15) is 18.0 Å². The Labute approximate surface area is 184 Å². The number of para-hydroxylation sites is 2. The maximum atomic E-state index is 13.2. The molecule has 0 unspecified atom stereocenters. The number of likely N-dealkylation sites (tertiary alicyclic amines) is 1. The molecule has 1 aliphatic rings. The second kappa shape index (κ2) is 10.2. The first kappa shape index (κ1) is 23.2. The maximum absolute atomic E-state index is 13.2. The second-order valence-electron chi connectivity index (χ2n) is 7.21. The standard InChI is InChI=1S/C22H24ClF3N2O3/c1-2-30-19-5-3-4-6-20(19)31-16-9-11-28(12-10-16)14-21(29)27-18-8-7-15(23)13-17(18)22(24,25)26/h3-8,13,16H,2,9-12,14H2,1H3,(H,27,29). The molecule has 1 saturated heterocycles. The summed E-state index contributed by atoms with van der Waals surface area (Å²) in [6.07, 6.45) is -3.24. The largest absolute Gasteiger partial charge is 0.490 e. The van der Waals surface area contributed by atoms with Crippen molar-refractivity contribution in [2.45, 2.75) is 32.0 Å². The SMILES string of the molecule is CCOc1ccccc1OC1CCN(CC(=O)Nc2ccc(Cl)cc2C(F)(F)F)CC1. The molecule has 9 heteroatoms. The van der Waals surface area contributed by atoms with Crippen LogP contribution in [0.15, 0.2) is 42.5 Å². The highest BCUT2D eigenvalue weighted by Gasteiger charge is 2.34. The smallest absolute Gasteiger partial charge is 0.418 e. The van der Waals surface area contributed by atoms with Crippen LogP contribution in [0.2, 0.25) is 5.02 Å². The molecule has 0 saturated carbocycles. The molecular weight excluding hydrogens is 433 g/mol. The van der Waals surface area contributed by atoms with Gasteiger partial charge in [0, 0.05) is 18.1 Å². The molecule has 0 bridgehead atoms. The fourth-order valence-electron chi connectivity index (χ4n) is 3.44. The molecule has 2 aromatic rings. The van der Waals surface area contributed by atoms with Gasteiger partial charge in [-0.1, -0.05) is 23.7 Å². The molecule has 3 rings (SSSR count). The van der Waals surface area contributed by atoms with Crippen molar-refractivity contribution in [3.05, 3.63) is 53.1 Å². The van der Waals surface area contributed by atoms with Crippen molar-refractivity contribution in [3.63, 3.8) is 0 Å². The van der Waals surface area contributed by atoms with Crippen LogP contribution in [0.25, 0.3) is 0 Å². The van der Waals surface area contributed by atoms with E-state index in [1.54, 1.807) is 0 Å². The summed E-state index contributed by atoms with van der Waals surface area (Å²) >= 11 is 5.67. The monoisotopic (exact) mass is 456 g/mol. The van der Waals surface area contributed by atoms with Crippen LogP contribution in [0.4, 0.5) is 18.9 Å². The highest BCUT2D eigenvalue weighted by molar-refractivity contribution is 6.30. The number of anilines is 1. The molecule has 1 heterocycles. The van der Waals surface area contributed by atoms with Crippen molar-refractivity contribution < 1.29 is 27.4 Å². The number of amides is 1. The number of ether oxygens (including phenoxy) is 2. The zero-order chi connectivity index (χ0) is 22.4. The number of carbonyl (C=O) groups excluding carboxylic acids is 1. The molecule has 1 aliphatic heterocycles. The predicted octanol–water partition coefficient (Wildman–Crippen LogP) is 5.24. The van der Waals surface area contributed by atoms with Gasteiger partial charge in [0.05, 0.1) is 24.4 Å². The zero-order valence-corrected chi connectivity index (χ0v) is 17.8. The van der Waals surface area contributed by atoms with Gasteiger partial charge in [0.15, 0.2) is 11.5 Å². The number of rotatable bonds is 7. The average molecular weight is 457 g/mol. The van der Waals surface area contributed by atoms with Crippen LogP contribution < -0.4 is 14.8 Å². The Morgan fingerprint density at radius 3 is 2.48 bits per heavy atom. The van der Waals surface area contributed by atoms with Gasteiger partial charge in [0.25, 0.3) is 0 Å². The lowest BCUT2D eigenvalue weighted by Crippen LogP contribution is -2.42. The van der Waals surface area contributed by atoms with Crippen LogP contribution in [-0.2, 0) is 11.0 Å². The fourth-order valence-corrected chi connectivity index (χ4v) is 3.61. The number of hydrogen-bond donors (Lipinski definition) is 1. The van der Waals surface area contributed by atoms with Gasteiger partial charge >= 0.3 is 6.18 Å². The first-order valence-corrected chi connectivity index (χ1v) is 10.4. The van der Waals surface area contributed by atoms with Crippen molar-refractivity contribution in [2.75, 3.05) is 31.6 Å². The first-order chi connectivity index (χ1) is 14.8. The van der Waals surface area contributed by atoms with Gasteiger partial charge in [-0.25, -0.2) is 0 Å². The molecule has 1 fully saturated rings. The number of hydrogen-bond acceptors (Lipinski definition) is 4. The molecule has 0 aliphatic carbocycles. The molecule has 0 spiro atoms. The Morgan fingerprint density at radius 1 is 1.16 bits per heavy atom. The molecule has 5 nitrogen and oxygen atoms in total. The lowest BCUT2D eigenvalue weighted by atomic mass is 10.1. The Kier molecular flexibility index (Phi) is 7.67. The van der Waals surface area contributed by atoms with E-state index in [-0.39, 0.29) is 23.4 Å². The molecule has 31 heavy (non-hydrogen) atoms. The molecular formula is C22H24ClF3N2O3. The normalized spacial score (nSPS) is 15.5. The Morgan fingerprint density at radius 2 is 1.84 bits per heavy atom. The van der Waals surface area contributed by atoms with E-state index in [0.717, 1.165) is 6.07 Å². The summed E-state index contributed by atoms with van der Waals surface area (Å²) < 4.78 is 51.2. The number of nitrogens with zero attached hydrogens (tertiary/aromatic N) is 1. The Bertz CT molecular complexity index is 900. The first-order valence-electron chi connectivity index (χ1n) is 10.0. The lowest BCUT2D eigenvalue weighted by Gasteiger charge is -2.32. The van der Waals surface area contributed by atoms with Crippen LogP contribution in [0.3, 0.4) is 0 Å². The van der Waals surface area contributed by atoms with Crippen molar-refractivity contribution >= 4 is 23.2 Å². The van der Waals surface area contributed by atoms with Gasteiger partial charge in [0.2, 0.25) is 5.91 Å². The van der Waals surface area contributed by atoms with Crippen LogP contribution >= 0.6 is 11.6 Å². The third kappa shape index (κ3) is 6.51. The summed E-state index contributed by atoms with van der Waals surface area (Å²) in [5.74, 6) is 0.868. The summed E-state index contributed by atoms with van der Waals surface area (Å²) in [6.45, 7) is 3.64. The van der Waals surface area contributed by atoms with E-state index in [1.807, 2.05) is 36.1 Å². The quantitative estimate of drug-likeness (QED) is 0.619. The van der Waals surface area contributed by atoms with Crippen molar-refractivity contribution in [1.82, 2.24) is 4.90 Å². The topological polar surface area (TPSA) is 50.8 Å². The van der Waals surface area contributed by atoms with Crippen LogP contribution in [0, 0.1) is 0 Å². The molecule has 1 amide bonds. The van der Waals surface area contributed by atoms with Crippen molar-refractivity contribution in [2.24, 2.45) is 0 Å². The minimum Gasteiger partial charge on any atom is -0.490 e. The van der Waals surface area contributed by atoms with E-state index in [0.29, 0.717) is 44.0 Å². The summed E-state index contributed by atoms with van der Waals surface area (Å²) in [5, 5.41) is 2.31. The Balaban J connectivity index is 1.52. The highest BCUT2D eigenvalue weighted by atomic mass is 35.5. The Hall–Kier alpha value is -2.45.